The Kier molecular flexibility index (Phi) is 5.66. The summed E-state index contributed by atoms with van der Waals surface area (Å²) in [4.78, 5) is 39.0. The Hall–Kier alpha value is -2.49. The van der Waals surface area contributed by atoms with Crippen LogP contribution in [0.15, 0.2) is 19.1 Å². The molecule has 3 heterocycles. The van der Waals surface area contributed by atoms with Gasteiger partial charge >= 0.3 is 5.69 Å². The molecule has 0 aromatic carbocycles. The van der Waals surface area contributed by atoms with E-state index in [2.05, 4.69) is 27.0 Å². The largest absolute Gasteiger partial charge is 0.338 e. The van der Waals surface area contributed by atoms with Crippen molar-refractivity contribution >= 4 is 22.8 Å². The SMILES string of the molecule is CCCc1noc([C@H](C)Sc2nc(C(C)(C)C)nc3c2c(=O)n(C)c(=O)n3C)n1. The number of aromatic nitrogens is 6. The van der Waals surface area contributed by atoms with Crippen molar-refractivity contribution in [2.24, 2.45) is 14.1 Å². The van der Waals surface area contributed by atoms with Crippen LogP contribution in [0.5, 0.6) is 0 Å². The molecule has 3 aromatic rings. The molecule has 0 unspecified atom stereocenters. The molecule has 0 aliphatic carbocycles. The lowest BCUT2D eigenvalue weighted by Gasteiger charge is -2.20. The third kappa shape index (κ3) is 3.98. The van der Waals surface area contributed by atoms with E-state index < -0.39 is 11.2 Å². The molecule has 0 spiro atoms. The average Bonchev–Trinajstić information content (AvgIpc) is 3.12. The molecule has 0 saturated carbocycles. The first-order chi connectivity index (χ1) is 13.5. The number of nitrogens with zero attached hydrogens (tertiary/aromatic N) is 6. The second-order valence-corrected chi connectivity index (χ2v) is 9.40. The monoisotopic (exact) mass is 418 g/mol. The van der Waals surface area contributed by atoms with Crippen molar-refractivity contribution < 1.29 is 4.52 Å². The highest BCUT2D eigenvalue weighted by molar-refractivity contribution is 7.99. The summed E-state index contributed by atoms with van der Waals surface area (Å²) in [6, 6.07) is 0. The highest BCUT2D eigenvalue weighted by Crippen LogP contribution is 2.36. The molecule has 156 valence electrons. The molecular weight excluding hydrogens is 392 g/mol. The molecule has 0 bridgehead atoms. The molecule has 0 N–H and O–H groups in total. The van der Waals surface area contributed by atoms with Gasteiger partial charge in [0.05, 0.1) is 5.25 Å². The van der Waals surface area contributed by atoms with E-state index in [-0.39, 0.29) is 10.7 Å². The number of fused-ring (bicyclic) bond motifs is 1. The molecular formula is C19H26N6O3S. The normalized spacial score (nSPS) is 13.2. The Bertz CT molecular complexity index is 1170. The van der Waals surface area contributed by atoms with Crippen LogP contribution in [0.2, 0.25) is 0 Å². The number of aryl methyl sites for hydroxylation is 2. The maximum absolute atomic E-state index is 12.9. The van der Waals surface area contributed by atoms with Crippen molar-refractivity contribution in [1.29, 1.82) is 0 Å². The van der Waals surface area contributed by atoms with Crippen LogP contribution in [0.1, 0.15) is 63.8 Å². The third-order valence-corrected chi connectivity index (χ3v) is 5.61. The molecule has 0 aliphatic heterocycles. The lowest BCUT2D eigenvalue weighted by Crippen LogP contribution is -2.38. The average molecular weight is 419 g/mol. The molecule has 3 aromatic heterocycles. The van der Waals surface area contributed by atoms with Crippen LogP contribution in [0, 0.1) is 0 Å². The quantitative estimate of drug-likeness (QED) is 0.459. The van der Waals surface area contributed by atoms with Gasteiger partial charge in [-0.05, 0) is 13.3 Å². The van der Waals surface area contributed by atoms with Crippen LogP contribution in [0.3, 0.4) is 0 Å². The highest BCUT2D eigenvalue weighted by Gasteiger charge is 2.26. The zero-order chi connectivity index (χ0) is 21.5. The molecule has 0 radical (unpaired) electrons. The Morgan fingerprint density at radius 2 is 1.79 bits per heavy atom. The van der Waals surface area contributed by atoms with E-state index in [1.165, 1.54) is 23.4 Å². The minimum absolute atomic E-state index is 0.221. The summed E-state index contributed by atoms with van der Waals surface area (Å²) in [7, 11) is 3.06. The van der Waals surface area contributed by atoms with Gasteiger partial charge in [-0.3, -0.25) is 13.9 Å². The predicted molar refractivity (Wildman–Crippen MR) is 111 cm³/mol. The zero-order valence-corrected chi connectivity index (χ0v) is 18.6. The van der Waals surface area contributed by atoms with Gasteiger partial charge < -0.3 is 4.52 Å². The van der Waals surface area contributed by atoms with Gasteiger partial charge in [0.15, 0.2) is 11.5 Å². The lowest BCUT2D eigenvalue weighted by molar-refractivity contribution is 0.374. The molecule has 9 nitrogen and oxygen atoms in total. The summed E-state index contributed by atoms with van der Waals surface area (Å²) in [5.74, 6) is 1.69. The third-order valence-electron chi connectivity index (χ3n) is 4.53. The summed E-state index contributed by atoms with van der Waals surface area (Å²) in [5, 5.41) is 4.59. The fourth-order valence-corrected chi connectivity index (χ4v) is 3.79. The molecule has 1 atom stereocenters. The minimum Gasteiger partial charge on any atom is -0.338 e. The van der Waals surface area contributed by atoms with Crippen molar-refractivity contribution in [3.05, 3.63) is 38.4 Å². The topological polar surface area (TPSA) is 109 Å². The summed E-state index contributed by atoms with van der Waals surface area (Å²) < 4.78 is 7.85. The van der Waals surface area contributed by atoms with Crippen molar-refractivity contribution in [3.63, 3.8) is 0 Å². The molecule has 3 rings (SSSR count). The fourth-order valence-electron chi connectivity index (χ4n) is 2.83. The highest BCUT2D eigenvalue weighted by atomic mass is 32.2. The van der Waals surface area contributed by atoms with Crippen molar-refractivity contribution in [1.82, 2.24) is 29.2 Å². The molecule has 10 heteroatoms. The Balaban J connectivity index is 2.19. The van der Waals surface area contributed by atoms with Crippen LogP contribution in [0.25, 0.3) is 11.0 Å². The first kappa shape index (κ1) is 21.2. The minimum atomic E-state index is -0.425. The van der Waals surface area contributed by atoms with Gasteiger partial charge in [0.25, 0.3) is 5.56 Å². The smallest absolute Gasteiger partial charge is 0.332 e. The van der Waals surface area contributed by atoms with Gasteiger partial charge in [-0.2, -0.15) is 4.98 Å². The Morgan fingerprint density at radius 1 is 1.10 bits per heavy atom. The lowest BCUT2D eigenvalue weighted by atomic mass is 9.96. The second kappa shape index (κ2) is 7.74. The van der Waals surface area contributed by atoms with Crippen LogP contribution >= 0.6 is 11.8 Å². The van der Waals surface area contributed by atoms with E-state index in [1.54, 1.807) is 7.05 Å². The molecule has 0 saturated heterocycles. The number of thioether (sulfide) groups is 1. The van der Waals surface area contributed by atoms with Gasteiger partial charge in [0, 0.05) is 25.9 Å². The van der Waals surface area contributed by atoms with Crippen LogP contribution < -0.4 is 11.2 Å². The van der Waals surface area contributed by atoms with E-state index in [0.29, 0.717) is 33.6 Å². The molecule has 0 fully saturated rings. The Morgan fingerprint density at radius 3 is 2.41 bits per heavy atom. The number of hydrogen-bond donors (Lipinski definition) is 0. The first-order valence-corrected chi connectivity index (χ1v) is 10.4. The Labute approximate surface area is 172 Å². The zero-order valence-electron chi connectivity index (χ0n) is 17.8. The van der Waals surface area contributed by atoms with E-state index >= 15 is 0 Å². The van der Waals surface area contributed by atoms with Crippen LogP contribution in [-0.2, 0) is 25.9 Å². The standard InChI is InChI=1S/C19H26N6O3S/c1-8-9-11-20-14(28-23-11)10(2)29-15-12-13(21-17(22-15)19(3,4)5)24(6)18(27)25(7)16(12)26/h10H,8-9H2,1-7H3/t10-/m0/s1. The van der Waals surface area contributed by atoms with Crippen molar-refractivity contribution in [3.8, 4) is 0 Å². The summed E-state index contributed by atoms with van der Waals surface area (Å²) in [6.45, 7) is 9.93. The maximum Gasteiger partial charge on any atom is 0.332 e. The van der Waals surface area contributed by atoms with Gasteiger partial charge in [-0.1, -0.05) is 44.6 Å². The van der Waals surface area contributed by atoms with Gasteiger partial charge in [-0.15, -0.1) is 0 Å². The van der Waals surface area contributed by atoms with E-state index in [1.807, 2.05) is 27.7 Å². The van der Waals surface area contributed by atoms with E-state index in [0.717, 1.165) is 17.4 Å². The summed E-state index contributed by atoms with van der Waals surface area (Å²) in [6.07, 6.45) is 1.67. The molecule has 0 amide bonds. The predicted octanol–water partition coefficient (Wildman–Crippen LogP) is 2.51. The van der Waals surface area contributed by atoms with E-state index in [9.17, 15) is 9.59 Å². The second-order valence-electron chi connectivity index (χ2n) is 8.07. The fraction of sp³-hybridized carbons (Fsp3) is 0.579. The van der Waals surface area contributed by atoms with Crippen LogP contribution in [0.4, 0.5) is 0 Å². The summed E-state index contributed by atoms with van der Waals surface area (Å²) >= 11 is 1.35. The number of hydrogen-bond acceptors (Lipinski definition) is 8. The van der Waals surface area contributed by atoms with Crippen molar-refractivity contribution in [2.45, 2.75) is 63.2 Å². The van der Waals surface area contributed by atoms with Crippen molar-refractivity contribution in [2.75, 3.05) is 0 Å². The number of rotatable bonds is 5. The summed E-state index contributed by atoms with van der Waals surface area (Å²) in [5.41, 5.74) is -0.880. The molecule has 29 heavy (non-hydrogen) atoms. The molecule has 0 aliphatic rings. The van der Waals surface area contributed by atoms with Gasteiger partial charge in [-0.25, -0.2) is 14.8 Å². The van der Waals surface area contributed by atoms with E-state index in [4.69, 9.17) is 4.52 Å². The van der Waals surface area contributed by atoms with Gasteiger partial charge in [0.1, 0.15) is 16.2 Å². The van der Waals surface area contributed by atoms with Gasteiger partial charge in [0.2, 0.25) is 5.89 Å². The van der Waals surface area contributed by atoms with Crippen LogP contribution in [-0.4, -0.2) is 29.2 Å². The maximum atomic E-state index is 12.9. The first-order valence-electron chi connectivity index (χ1n) is 9.52.